The predicted octanol–water partition coefficient (Wildman–Crippen LogP) is 5.50. The number of ether oxygens (including phenoxy) is 5. The number of methoxy groups -OCH3 is 3. The number of cyclic esters (lactones) is 1. The molecule has 3 aliphatic heterocycles. The maximum Gasteiger partial charge on any atom is 0.329 e. The molecule has 12 nitrogen and oxygen atoms in total. The van der Waals surface area contributed by atoms with Crippen LogP contribution in [0.1, 0.15) is 119 Å². The lowest BCUT2D eigenvalue weighted by Gasteiger charge is -2.47. The molecule has 1 saturated carbocycles. The maximum atomic E-state index is 14.3. The topological polar surface area (TPSA) is 158 Å². The average Bonchev–Trinajstić information content (AvgIpc) is 3.17. The Labute approximate surface area is 328 Å². The first kappa shape index (κ1) is 45.2. The molecule has 2 saturated heterocycles. The highest BCUT2D eigenvalue weighted by Gasteiger charge is 2.56. The fraction of sp³-hybridized carbons (Fsp3) is 0.814. The lowest BCUT2D eigenvalue weighted by molar-refractivity contribution is -0.302. The quantitative estimate of drug-likeness (QED) is 0.199. The number of aliphatic hydroxyl groups excluding tert-OH is 1. The van der Waals surface area contributed by atoms with Crippen molar-refractivity contribution < 1.29 is 53.1 Å². The first-order valence-electron chi connectivity index (χ1n) is 20.7. The predicted molar refractivity (Wildman–Crippen MR) is 207 cm³/mol. The van der Waals surface area contributed by atoms with Crippen LogP contribution in [0, 0.1) is 29.6 Å². The van der Waals surface area contributed by atoms with Gasteiger partial charge in [0.25, 0.3) is 11.7 Å². The molecule has 12 heteroatoms. The first-order chi connectivity index (χ1) is 26.1. The van der Waals surface area contributed by atoms with Crippen molar-refractivity contribution in [1.29, 1.82) is 0 Å². The third kappa shape index (κ3) is 10.9. The van der Waals surface area contributed by atoms with Crippen LogP contribution in [-0.4, -0.2) is 115 Å². The fourth-order valence-electron chi connectivity index (χ4n) is 9.40. The number of rotatable bonds is 6. The zero-order valence-corrected chi connectivity index (χ0v) is 34.8. The number of hydrogen-bond acceptors (Lipinski definition) is 11. The molecule has 1 aliphatic carbocycles. The number of ketones is 2. The number of piperidine rings is 1. The van der Waals surface area contributed by atoms with E-state index in [4.69, 9.17) is 23.7 Å². The van der Waals surface area contributed by atoms with Gasteiger partial charge in [-0.05, 0) is 108 Å². The second-order valence-electron chi connectivity index (χ2n) is 17.0. The van der Waals surface area contributed by atoms with Crippen LogP contribution in [0.5, 0.6) is 0 Å². The molecule has 3 heterocycles. The Balaban J connectivity index is 1.73. The van der Waals surface area contributed by atoms with Crippen LogP contribution in [0.4, 0.5) is 0 Å². The SMILES string of the molecule is CC[C@@H]1/C=C(\C)C[C@H](C)C[C@H](OC)[C@H]2O[C@@](O)(C(=O)C(=O)N3CCCC[C@H]3C(=O)O[C@H](/C(C)=C/[C@@H]3CC[C@@H](O)[C@H](OC)C3)[C@H](C)CCC1=O)[C@H](C)C[C@@H]2OC. The summed E-state index contributed by atoms with van der Waals surface area (Å²) in [7, 11) is 4.70. The molecule has 1 amide bonds. The Morgan fingerprint density at radius 2 is 1.62 bits per heavy atom. The molecule has 55 heavy (non-hydrogen) atoms. The Morgan fingerprint density at radius 1 is 0.945 bits per heavy atom. The van der Waals surface area contributed by atoms with Gasteiger partial charge in [0.2, 0.25) is 5.79 Å². The van der Waals surface area contributed by atoms with Gasteiger partial charge in [-0.25, -0.2) is 4.79 Å². The normalized spacial score (nSPS) is 40.7. The van der Waals surface area contributed by atoms with Crippen molar-refractivity contribution in [2.24, 2.45) is 29.6 Å². The second kappa shape index (κ2) is 20.3. The molecule has 0 unspecified atom stereocenters. The van der Waals surface area contributed by atoms with Crippen LogP contribution in [0.2, 0.25) is 0 Å². The van der Waals surface area contributed by atoms with E-state index in [9.17, 15) is 29.4 Å². The van der Waals surface area contributed by atoms with E-state index in [0.717, 1.165) is 17.6 Å². The van der Waals surface area contributed by atoms with E-state index < -0.39 is 65.9 Å². The number of carbonyl (C=O) groups is 4. The Bertz CT molecular complexity index is 1400. The van der Waals surface area contributed by atoms with Crippen molar-refractivity contribution in [2.45, 2.75) is 167 Å². The van der Waals surface area contributed by atoms with Crippen LogP contribution in [0.3, 0.4) is 0 Å². The molecule has 0 spiro atoms. The van der Waals surface area contributed by atoms with E-state index >= 15 is 0 Å². The summed E-state index contributed by atoms with van der Waals surface area (Å²) in [5, 5.41) is 22.4. The molecule has 0 aromatic heterocycles. The summed E-state index contributed by atoms with van der Waals surface area (Å²) in [6.45, 7) is 11.8. The van der Waals surface area contributed by atoms with Gasteiger partial charge in [-0.1, -0.05) is 45.4 Å². The molecule has 0 aromatic rings. The second-order valence-corrected chi connectivity index (χ2v) is 17.0. The lowest BCUT2D eigenvalue weighted by atomic mass is 9.82. The minimum absolute atomic E-state index is 0.0909. The molecule has 4 aliphatic rings. The summed E-state index contributed by atoms with van der Waals surface area (Å²) in [4.78, 5) is 57.6. The Hall–Kier alpha value is -2.48. The van der Waals surface area contributed by atoms with Crippen LogP contribution >= 0.6 is 0 Å². The van der Waals surface area contributed by atoms with Gasteiger partial charge in [0.05, 0.1) is 24.4 Å². The fourth-order valence-corrected chi connectivity index (χ4v) is 9.40. The summed E-state index contributed by atoms with van der Waals surface area (Å²) >= 11 is 0. The molecule has 4 rings (SSSR count). The van der Waals surface area contributed by atoms with E-state index in [1.165, 1.54) is 4.90 Å². The molecule has 0 aromatic carbocycles. The Kier molecular flexibility index (Phi) is 16.7. The van der Waals surface area contributed by atoms with E-state index in [1.54, 1.807) is 28.3 Å². The molecule has 13 atom stereocenters. The zero-order chi connectivity index (χ0) is 40.6. The molecular formula is C43H69NO11. The summed E-state index contributed by atoms with van der Waals surface area (Å²) in [5.74, 6) is -6.17. The van der Waals surface area contributed by atoms with Gasteiger partial charge in [0.1, 0.15) is 24.0 Å². The maximum absolute atomic E-state index is 14.3. The largest absolute Gasteiger partial charge is 0.456 e. The summed E-state index contributed by atoms with van der Waals surface area (Å²) in [5.41, 5.74) is 1.91. The molecule has 2 bridgehead atoms. The van der Waals surface area contributed by atoms with E-state index in [1.807, 2.05) is 27.7 Å². The average molecular weight is 776 g/mol. The molecule has 0 radical (unpaired) electrons. The van der Waals surface area contributed by atoms with Gasteiger partial charge < -0.3 is 38.8 Å². The lowest BCUT2D eigenvalue weighted by Crippen LogP contribution is -2.64. The minimum Gasteiger partial charge on any atom is -0.456 e. The van der Waals surface area contributed by atoms with Crippen molar-refractivity contribution in [3.05, 3.63) is 23.3 Å². The van der Waals surface area contributed by atoms with Gasteiger partial charge >= 0.3 is 5.97 Å². The number of aliphatic hydroxyl groups is 2. The highest BCUT2D eigenvalue weighted by molar-refractivity contribution is 6.39. The van der Waals surface area contributed by atoms with E-state index in [-0.39, 0.29) is 48.5 Å². The van der Waals surface area contributed by atoms with Crippen LogP contribution in [-0.2, 0) is 42.9 Å². The smallest absolute Gasteiger partial charge is 0.329 e. The molecular weight excluding hydrogens is 706 g/mol. The van der Waals surface area contributed by atoms with Crippen LogP contribution < -0.4 is 0 Å². The number of Topliss-reactive ketones (excluding diaryl/α,β-unsaturated/α-hetero) is 2. The Morgan fingerprint density at radius 3 is 2.27 bits per heavy atom. The van der Waals surface area contributed by atoms with Gasteiger partial charge in [0, 0.05) is 46.1 Å². The third-order valence-corrected chi connectivity index (χ3v) is 12.8. The van der Waals surface area contributed by atoms with Gasteiger partial charge in [-0.15, -0.1) is 0 Å². The first-order valence-corrected chi connectivity index (χ1v) is 20.7. The summed E-state index contributed by atoms with van der Waals surface area (Å²) < 4.78 is 29.9. The van der Waals surface area contributed by atoms with E-state index in [2.05, 4.69) is 19.1 Å². The number of nitrogens with zero attached hydrogens (tertiary/aromatic N) is 1. The van der Waals surface area contributed by atoms with Gasteiger partial charge in [-0.2, -0.15) is 0 Å². The number of esters is 1. The number of carbonyl (C=O) groups excluding carboxylic acids is 4. The van der Waals surface area contributed by atoms with Crippen LogP contribution in [0.25, 0.3) is 0 Å². The number of amides is 1. The number of fused-ring (bicyclic) bond motifs is 3. The van der Waals surface area contributed by atoms with Crippen molar-refractivity contribution in [3.8, 4) is 0 Å². The van der Waals surface area contributed by atoms with Crippen molar-refractivity contribution in [2.75, 3.05) is 27.9 Å². The highest BCUT2D eigenvalue weighted by Crippen LogP contribution is 2.39. The van der Waals surface area contributed by atoms with Gasteiger partial charge in [-0.3, -0.25) is 14.4 Å². The standard InChI is InChI=1S/C43H69NO11/c1-10-31-20-25(2)19-26(3)21-36(52-8)39-37(53-9)23-29(6)43(50,55-39)40(47)41(48)44-18-12-11-13-32(44)42(49)54-38(27(4)14-16-33(31)45)28(5)22-30-15-17-34(46)35(24-30)51-7/h20,22,26-27,29-32,34-39,46,50H,10-19,21,23-24H2,1-9H3/b25-20+,28-22+/t26-,27+,29+,30-,31+,32-,34+,35+,36-,37-,38-,39+,43+/m0/s1. The summed E-state index contributed by atoms with van der Waals surface area (Å²) in [6, 6.07) is -1.04. The van der Waals surface area contributed by atoms with Crippen molar-refractivity contribution in [3.63, 3.8) is 0 Å². The molecule has 3 fully saturated rings. The number of allylic oxidation sites excluding steroid dienone is 3. The number of hydrogen-bond donors (Lipinski definition) is 2. The summed E-state index contributed by atoms with van der Waals surface area (Å²) in [6.07, 6.45) is 7.10. The van der Waals surface area contributed by atoms with E-state index in [0.29, 0.717) is 64.2 Å². The van der Waals surface area contributed by atoms with Crippen molar-refractivity contribution in [1.82, 2.24) is 4.90 Å². The highest BCUT2D eigenvalue weighted by atomic mass is 16.7. The van der Waals surface area contributed by atoms with Crippen LogP contribution in [0.15, 0.2) is 23.3 Å². The van der Waals surface area contributed by atoms with Crippen molar-refractivity contribution >= 4 is 23.4 Å². The monoisotopic (exact) mass is 775 g/mol. The minimum atomic E-state index is -2.46. The van der Waals surface area contributed by atoms with Gasteiger partial charge in [0.15, 0.2) is 0 Å². The molecule has 312 valence electrons. The zero-order valence-electron chi connectivity index (χ0n) is 34.8. The third-order valence-electron chi connectivity index (χ3n) is 12.8. The molecule has 2 N–H and O–H groups in total.